The van der Waals surface area contributed by atoms with Crippen LogP contribution in [0.15, 0.2) is 17.5 Å². The second-order valence-corrected chi connectivity index (χ2v) is 6.42. The number of hydrogen-bond donors (Lipinski definition) is 2. The molecule has 0 saturated carbocycles. The van der Waals surface area contributed by atoms with Gasteiger partial charge in [-0.3, -0.25) is 11.3 Å². The van der Waals surface area contributed by atoms with Gasteiger partial charge in [0.05, 0.1) is 10.7 Å². The Morgan fingerprint density at radius 2 is 2.24 bits per heavy atom. The van der Waals surface area contributed by atoms with Gasteiger partial charge in [0.15, 0.2) is 0 Å². The van der Waals surface area contributed by atoms with Crippen LogP contribution in [0, 0.1) is 13.8 Å². The van der Waals surface area contributed by atoms with Crippen LogP contribution in [0.2, 0.25) is 0 Å². The monoisotopic (exact) mass is 267 g/mol. The van der Waals surface area contributed by atoms with E-state index in [4.69, 9.17) is 5.84 Å². The molecule has 1 unspecified atom stereocenters. The number of thiazole rings is 1. The van der Waals surface area contributed by atoms with E-state index in [2.05, 4.69) is 41.8 Å². The lowest BCUT2D eigenvalue weighted by Gasteiger charge is -2.12. The summed E-state index contributed by atoms with van der Waals surface area (Å²) in [7, 11) is 0. The molecule has 0 spiro atoms. The third-order valence-corrected chi connectivity index (χ3v) is 4.75. The molecular formula is C12H17N3S2. The van der Waals surface area contributed by atoms with E-state index in [0.717, 1.165) is 18.5 Å². The summed E-state index contributed by atoms with van der Waals surface area (Å²) in [5, 5.41) is 3.26. The number of aryl methyl sites for hydroxylation is 2. The number of nitrogens with two attached hydrogens (primary N) is 1. The summed E-state index contributed by atoms with van der Waals surface area (Å²) in [5.74, 6) is 5.61. The highest BCUT2D eigenvalue weighted by molar-refractivity contribution is 7.11. The number of thiophene rings is 1. The Labute approximate surface area is 110 Å². The topological polar surface area (TPSA) is 50.9 Å². The van der Waals surface area contributed by atoms with E-state index in [-0.39, 0.29) is 6.04 Å². The minimum Gasteiger partial charge on any atom is -0.271 e. The molecule has 0 aliphatic heterocycles. The van der Waals surface area contributed by atoms with Crippen molar-refractivity contribution in [2.24, 2.45) is 5.84 Å². The van der Waals surface area contributed by atoms with Crippen molar-refractivity contribution in [1.82, 2.24) is 10.4 Å². The number of hydrazine groups is 1. The maximum atomic E-state index is 5.61. The Morgan fingerprint density at radius 1 is 1.41 bits per heavy atom. The molecule has 5 heteroatoms. The van der Waals surface area contributed by atoms with Crippen LogP contribution in [0.1, 0.15) is 20.5 Å². The molecular weight excluding hydrogens is 250 g/mol. The van der Waals surface area contributed by atoms with Crippen LogP contribution in [-0.4, -0.2) is 11.0 Å². The number of nitrogens with one attached hydrogen (secondary N) is 1. The summed E-state index contributed by atoms with van der Waals surface area (Å²) >= 11 is 3.54. The summed E-state index contributed by atoms with van der Waals surface area (Å²) in [6, 6.07) is 4.48. The smallest absolute Gasteiger partial charge is 0.0947 e. The molecule has 0 saturated heterocycles. The van der Waals surface area contributed by atoms with Crippen molar-refractivity contribution in [3.63, 3.8) is 0 Å². The van der Waals surface area contributed by atoms with E-state index in [9.17, 15) is 0 Å². The molecule has 3 nitrogen and oxygen atoms in total. The molecule has 0 bridgehead atoms. The lowest BCUT2D eigenvalue weighted by Crippen LogP contribution is -2.38. The highest BCUT2D eigenvalue weighted by Crippen LogP contribution is 2.19. The predicted octanol–water partition coefficient (Wildman–Crippen LogP) is 2.44. The standard InChI is InChI=1S/C12H17N3S2/c1-8-9(2)17-12(14-8)7-10(15-13)6-11-4-3-5-16-11/h3-5,10,15H,6-7,13H2,1-2H3. The Kier molecular flexibility index (Phi) is 4.28. The first-order valence-corrected chi connectivity index (χ1v) is 7.30. The second-order valence-electron chi connectivity index (χ2n) is 4.10. The van der Waals surface area contributed by atoms with Crippen molar-refractivity contribution in [3.05, 3.63) is 38.0 Å². The van der Waals surface area contributed by atoms with Crippen LogP contribution >= 0.6 is 22.7 Å². The second kappa shape index (κ2) is 5.73. The molecule has 1 atom stereocenters. The summed E-state index contributed by atoms with van der Waals surface area (Å²) in [6.45, 7) is 4.17. The molecule has 92 valence electrons. The fraction of sp³-hybridized carbons (Fsp3) is 0.417. The summed E-state index contributed by atoms with van der Waals surface area (Å²) in [4.78, 5) is 7.21. The van der Waals surface area contributed by atoms with Gasteiger partial charge < -0.3 is 0 Å². The summed E-state index contributed by atoms with van der Waals surface area (Å²) in [5.41, 5.74) is 4.03. The minimum absolute atomic E-state index is 0.263. The highest BCUT2D eigenvalue weighted by Gasteiger charge is 2.12. The molecule has 0 amide bonds. The van der Waals surface area contributed by atoms with Crippen LogP contribution in [0.25, 0.3) is 0 Å². The third kappa shape index (κ3) is 3.35. The van der Waals surface area contributed by atoms with E-state index in [1.807, 2.05) is 0 Å². The number of aromatic nitrogens is 1. The first-order chi connectivity index (χ1) is 8.19. The van der Waals surface area contributed by atoms with Gasteiger partial charge in [-0.05, 0) is 31.7 Å². The van der Waals surface area contributed by atoms with E-state index >= 15 is 0 Å². The fourth-order valence-corrected chi connectivity index (χ4v) is 3.50. The molecule has 2 rings (SSSR count). The number of nitrogens with zero attached hydrogens (tertiary/aromatic N) is 1. The average molecular weight is 267 g/mol. The van der Waals surface area contributed by atoms with Crippen molar-refractivity contribution in [1.29, 1.82) is 0 Å². The Bertz CT molecular complexity index is 443. The Morgan fingerprint density at radius 3 is 2.76 bits per heavy atom. The maximum absolute atomic E-state index is 5.61. The lowest BCUT2D eigenvalue weighted by atomic mass is 10.1. The Balaban J connectivity index is 2.00. The van der Waals surface area contributed by atoms with Gasteiger partial charge in [-0.1, -0.05) is 6.07 Å². The maximum Gasteiger partial charge on any atom is 0.0947 e. The zero-order valence-corrected chi connectivity index (χ0v) is 11.7. The van der Waals surface area contributed by atoms with Crippen molar-refractivity contribution in [2.75, 3.05) is 0 Å². The molecule has 2 aromatic heterocycles. The largest absolute Gasteiger partial charge is 0.271 e. The fourth-order valence-electron chi connectivity index (χ4n) is 1.70. The molecule has 0 radical (unpaired) electrons. The average Bonchev–Trinajstić information content (AvgIpc) is 2.89. The number of hydrogen-bond acceptors (Lipinski definition) is 5. The van der Waals surface area contributed by atoms with Crippen molar-refractivity contribution < 1.29 is 0 Å². The normalized spacial score (nSPS) is 12.9. The quantitative estimate of drug-likeness (QED) is 0.646. The van der Waals surface area contributed by atoms with Crippen molar-refractivity contribution in [2.45, 2.75) is 32.7 Å². The van der Waals surface area contributed by atoms with Gasteiger partial charge in [-0.25, -0.2) is 4.98 Å². The van der Waals surface area contributed by atoms with Gasteiger partial charge in [0.1, 0.15) is 0 Å². The molecule has 0 aromatic carbocycles. The van der Waals surface area contributed by atoms with E-state index in [0.29, 0.717) is 0 Å². The van der Waals surface area contributed by atoms with E-state index < -0.39 is 0 Å². The SMILES string of the molecule is Cc1nc(CC(Cc2cccs2)NN)sc1C. The van der Waals surface area contributed by atoms with Crippen LogP contribution in [-0.2, 0) is 12.8 Å². The molecule has 0 aliphatic carbocycles. The van der Waals surface area contributed by atoms with Gasteiger partial charge in [-0.15, -0.1) is 22.7 Å². The lowest BCUT2D eigenvalue weighted by molar-refractivity contribution is 0.524. The van der Waals surface area contributed by atoms with Crippen LogP contribution in [0.3, 0.4) is 0 Å². The zero-order chi connectivity index (χ0) is 12.3. The van der Waals surface area contributed by atoms with Crippen LogP contribution in [0.5, 0.6) is 0 Å². The van der Waals surface area contributed by atoms with Gasteiger partial charge in [0.25, 0.3) is 0 Å². The Hall–Kier alpha value is -0.750. The molecule has 2 aromatic rings. The van der Waals surface area contributed by atoms with E-state index in [1.165, 1.54) is 14.8 Å². The van der Waals surface area contributed by atoms with E-state index in [1.54, 1.807) is 22.7 Å². The molecule has 3 N–H and O–H groups in total. The third-order valence-electron chi connectivity index (χ3n) is 2.76. The van der Waals surface area contributed by atoms with Gasteiger partial charge in [-0.2, -0.15) is 0 Å². The van der Waals surface area contributed by atoms with Crippen molar-refractivity contribution in [3.8, 4) is 0 Å². The van der Waals surface area contributed by atoms with Gasteiger partial charge in [0.2, 0.25) is 0 Å². The van der Waals surface area contributed by atoms with Crippen molar-refractivity contribution >= 4 is 22.7 Å². The van der Waals surface area contributed by atoms with Gasteiger partial charge in [0, 0.05) is 22.2 Å². The summed E-state index contributed by atoms with van der Waals surface area (Å²) < 4.78 is 0. The van der Waals surface area contributed by atoms with Crippen LogP contribution in [0.4, 0.5) is 0 Å². The predicted molar refractivity (Wildman–Crippen MR) is 74.4 cm³/mol. The van der Waals surface area contributed by atoms with Crippen LogP contribution < -0.4 is 11.3 Å². The first kappa shape index (κ1) is 12.7. The van der Waals surface area contributed by atoms with Gasteiger partial charge >= 0.3 is 0 Å². The first-order valence-electron chi connectivity index (χ1n) is 5.60. The summed E-state index contributed by atoms with van der Waals surface area (Å²) in [6.07, 6.45) is 1.86. The molecule has 17 heavy (non-hydrogen) atoms. The molecule has 2 heterocycles. The minimum atomic E-state index is 0.263. The molecule has 0 aliphatic rings. The zero-order valence-electron chi connectivity index (χ0n) is 10.1. The number of rotatable bonds is 5. The molecule has 0 fully saturated rings. The highest BCUT2D eigenvalue weighted by atomic mass is 32.1.